The van der Waals surface area contributed by atoms with E-state index < -0.39 is 6.10 Å². The van der Waals surface area contributed by atoms with Crippen molar-refractivity contribution in [2.45, 2.75) is 12.7 Å². The first-order valence-electron chi connectivity index (χ1n) is 6.53. The third-order valence-electron chi connectivity index (χ3n) is 3.36. The van der Waals surface area contributed by atoms with Gasteiger partial charge in [0, 0.05) is 12.5 Å². The van der Waals surface area contributed by atoms with E-state index in [1.54, 1.807) is 7.11 Å². The second kappa shape index (κ2) is 5.49. The van der Waals surface area contributed by atoms with Crippen molar-refractivity contribution in [3.8, 4) is 0 Å². The van der Waals surface area contributed by atoms with Crippen molar-refractivity contribution in [2.24, 2.45) is 0 Å². The normalized spacial score (nSPS) is 12.7. The lowest BCUT2D eigenvalue weighted by molar-refractivity contribution is 0.169. The Morgan fingerprint density at radius 1 is 1.10 bits per heavy atom. The minimum absolute atomic E-state index is 0.466. The van der Waals surface area contributed by atoms with E-state index in [0.717, 1.165) is 22.1 Å². The quantitative estimate of drug-likeness (QED) is 0.785. The number of hydrogen-bond acceptors (Lipinski definition) is 3. The number of para-hydroxylation sites is 1. The van der Waals surface area contributed by atoms with E-state index in [4.69, 9.17) is 9.15 Å². The fourth-order valence-electron chi connectivity index (χ4n) is 2.38. The first-order chi connectivity index (χ1) is 9.79. The van der Waals surface area contributed by atoms with Crippen LogP contribution in [0.2, 0.25) is 0 Å². The Kier molecular flexibility index (Phi) is 3.54. The Hall–Kier alpha value is -2.10. The van der Waals surface area contributed by atoms with Crippen molar-refractivity contribution in [2.75, 3.05) is 7.11 Å². The van der Waals surface area contributed by atoms with Gasteiger partial charge in [-0.3, -0.25) is 0 Å². The van der Waals surface area contributed by atoms with Crippen molar-refractivity contribution in [3.63, 3.8) is 0 Å². The molecule has 1 unspecified atom stereocenters. The molecule has 102 valence electrons. The summed E-state index contributed by atoms with van der Waals surface area (Å²) in [5, 5.41) is 11.5. The maximum absolute atomic E-state index is 10.6. The molecule has 3 nitrogen and oxygen atoms in total. The van der Waals surface area contributed by atoms with E-state index in [0.29, 0.717) is 12.4 Å². The van der Waals surface area contributed by atoms with E-state index in [9.17, 15) is 5.11 Å². The standard InChI is InChI=1S/C17H16O3/c1-19-11-13-7-2-4-8-14(13)17(18)16-10-12-6-3-5-9-15(12)20-16/h2-10,17-18H,11H2,1H3. The lowest BCUT2D eigenvalue weighted by atomic mass is 10.0. The minimum atomic E-state index is -0.784. The van der Waals surface area contributed by atoms with Gasteiger partial charge >= 0.3 is 0 Å². The molecule has 0 aliphatic carbocycles. The fraction of sp³-hybridized carbons (Fsp3) is 0.176. The second-order valence-corrected chi connectivity index (χ2v) is 4.72. The average molecular weight is 268 g/mol. The maximum atomic E-state index is 10.6. The van der Waals surface area contributed by atoms with Crippen LogP contribution in [0.4, 0.5) is 0 Å². The zero-order chi connectivity index (χ0) is 13.9. The summed E-state index contributed by atoms with van der Waals surface area (Å²) in [7, 11) is 1.64. The van der Waals surface area contributed by atoms with Gasteiger partial charge in [-0.2, -0.15) is 0 Å². The fourth-order valence-corrected chi connectivity index (χ4v) is 2.38. The highest BCUT2D eigenvalue weighted by molar-refractivity contribution is 5.77. The Labute approximate surface area is 117 Å². The Morgan fingerprint density at radius 2 is 1.85 bits per heavy atom. The van der Waals surface area contributed by atoms with Gasteiger partial charge in [-0.1, -0.05) is 42.5 Å². The number of ether oxygens (including phenoxy) is 1. The molecule has 0 bridgehead atoms. The van der Waals surface area contributed by atoms with Crippen LogP contribution in [-0.2, 0) is 11.3 Å². The molecule has 20 heavy (non-hydrogen) atoms. The Morgan fingerprint density at radius 3 is 2.65 bits per heavy atom. The van der Waals surface area contributed by atoms with E-state index >= 15 is 0 Å². The van der Waals surface area contributed by atoms with Crippen LogP contribution in [0.1, 0.15) is 23.0 Å². The summed E-state index contributed by atoms with van der Waals surface area (Å²) in [6.45, 7) is 0.466. The number of hydrogen-bond donors (Lipinski definition) is 1. The monoisotopic (exact) mass is 268 g/mol. The molecule has 0 aliphatic rings. The molecule has 3 rings (SSSR count). The number of aliphatic hydroxyl groups excluding tert-OH is 1. The molecule has 0 saturated carbocycles. The number of aliphatic hydroxyl groups is 1. The Balaban J connectivity index is 2.01. The molecular formula is C17H16O3. The zero-order valence-corrected chi connectivity index (χ0v) is 11.2. The minimum Gasteiger partial charge on any atom is -0.458 e. The van der Waals surface area contributed by atoms with Crippen LogP contribution in [0.3, 0.4) is 0 Å². The van der Waals surface area contributed by atoms with E-state index in [1.807, 2.05) is 54.6 Å². The third-order valence-corrected chi connectivity index (χ3v) is 3.36. The van der Waals surface area contributed by atoms with Gasteiger partial charge in [0.25, 0.3) is 0 Å². The topological polar surface area (TPSA) is 42.6 Å². The molecule has 0 amide bonds. The van der Waals surface area contributed by atoms with E-state index in [2.05, 4.69) is 0 Å². The highest BCUT2D eigenvalue weighted by atomic mass is 16.5. The summed E-state index contributed by atoms with van der Waals surface area (Å²) in [4.78, 5) is 0. The van der Waals surface area contributed by atoms with E-state index in [-0.39, 0.29) is 0 Å². The molecule has 0 aliphatic heterocycles. The summed E-state index contributed by atoms with van der Waals surface area (Å²) >= 11 is 0. The van der Waals surface area contributed by atoms with Crippen molar-refractivity contribution in [1.82, 2.24) is 0 Å². The molecule has 2 aromatic carbocycles. The lowest BCUT2D eigenvalue weighted by Gasteiger charge is -2.13. The zero-order valence-electron chi connectivity index (χ0n) is 11.2. The number of fused-ring (bicyclic) bond motifs is 1. The van der Waals surface area contributed by atoms with Crippen LogP contribution in [0.5, 0.6) is 0 Å². The predicted octanol–water partition coefficient (Wildman–Crippen LogP) is 3.66. The molecule has 1 aromatic heterocycles. The summed E-state index contributed by atoms with van der Waals surface area (Å²) in [6, 6.07) is 17.3. The predicted molar refractivity (Wildman–Crippen MR) is 77.4 cm³/mol. The Bertz CT molecular complexity index is 682. The first kappa shape index (κ1) is 12.9. The number of benzene rings is 2. The summed E-state index contributed by atoms with van der Waals surface area (Å²) < 4.78 is 10.9. The van der Waals surface area contributed by atoms with Crippen molar-refractivity contribution >= 4 is 11.0 Å². The molecule has 1 atom stereocenters. The van der Waals surface area contributed by atoms with Gasteiger partial charge in [0.1, 0.15) is 17.4 Å². The van der Waals surface area contributed by atoms with Gasteiger partial charge in [-0.15, -0.1) is 0 Å². The summed E-state index contributed by atoms with van der Waals surface area (Å²) in [5.74, 6) is 0.551. The molecule has 3 aromatic rings. The van der Waals surface area contributed by atoms with Crippen LogP contribution in [0, 0.1) is 0 Å². The van der Waals surface area contributed by atoms with Crippen molar-refractivity contribution in [3.05, 3.63) is 71.5 Å². The molecule has 0 spiro atoms. The van der Waals surface area contributed by atoms with Gasteiger partial charge in [-0.05, 0) is 23.3 Å². The maximum Gasteiger partial charge on any atom is 0.138 e. The van der Waals surface area contributed by atoms with Gasteiger partial charge in [-0.25, -0.2) is 0 Å². The lowest BCUT2D eigenvalue weighted by Crippen LogP contribution is -2.03. The van der Waals surface area contributed by atoms with Gasteiger partial charge < -0.3 is 14.3 Å². The van der Waals surface area contributed by atoms with Crippen molar-refractivity contribution < 1.29 is 14.3 Å². The van der Waals surface area contributed by atoms with E-state index in [1.165, 1.54) is 0 Å². The third kappa shape index (κ3) is 2.33. The number of rotatable bonds is 4. The van der Waals surface area contributed by atoms with Crippen LogP contribution in [-0.4, -0.2) is 12.2 Å². The van der Waals surface area contributed by atoms with Crippen LogP contribution in [0.15, 0.2) is 59.0 Å². The highest BCUT2D eigenvalue weighted by Crippen LogP contribution is 2.30. The molecule has 0 fully saturated rings. The molecular weight excluding hydrogens is 252 g/mol. The van der Waals surface area contributed by atoms with Gasteiger partial charge in [0.15, 0.2) is 0 Å². The van der Waals surface area contributed by atoms with Crippen LogP contribution >= 0.6 is 0 Å². The molecule has 1 heterocycles. The molecule has 0 radical (unpaired) electrons. The van der Waals surface area contributed by atoms with Crippen LogP contribution < -0.4 is 0 Å². The van der Waals surface area contributed by atoms with Crippen LogP contribution in [0.25, 0.3) is 11.0 Å². The molecule has 1 N–H and O–H groups in total. The molecule has 3 heteroatoms. The number of methoxy groups -OCH3 is 1. The largest absolute Gasteiger partial charge is 0.458 e. The van der Waals surface area contributed by atoms with Gasteiger partial charge in [0.2, 0.25) is 0 Å². The highest BCUT2D eigenvalue weighted by Gasteiger charge is 2.18. The van der Waals surface area contributed by atoms with Gasteiger partial charge in [0.05, 0.1) is 6.61 Å². The average Bonchev–Trinajstić information content (AvgIpc) is 2.91. The SMILES string of the molecule is COCc1ccccc1C(O)c1cc2ccccc2o1. The molecule has 0 saturated heterocycles. The smallest absolute Gasteiger partial charge is 0.138 e. The summed E-state index contributed by atoms with van der Waals surface area (Å²) in [5.41, 5.74) is 2.56. The second-order valence-electron chi connectivity index (χ2n) is 4.72. The number of furan rings is 1. The first-order valence-corrected chi connectivity index (χ1v) is 6.53. The van der Waals surface area contributed by atoms with Crippen molar-refractivity contribution in [1.29, 1.82) is 0 Å². The summed E-state index contributed by atoms with van der Waals surface area (Å²) in [6.07, 6.45) is -0.784.